The first-order chi connectivity index (χ1) is 39.5. The monoisotopic (exact) mass is 1150 g/mol. The molecule has 0 aromatic rings. The summed E-state index contributed by atoms with van der Waals surface area (Å²) in [6, 6.07) is -0.806. The number of hydrogen-bond donors (Lipinski definition) is 2. The summed E-state index contributed by atoms with van der Waals surface area (Å²) in [5, 5.41) is 14.1. The van der Waals surface area contributed by atoms with Gasteiger partial charge in [0.2, 0.25) is 5.91 Å². The number of carbonyl (C=O) groups excluding carboxylic acids is 1. The van der Waals surface area contributed by atoms with Crippen LogP contribution in [0.25, 0.3) is 0 Å². The third-order valence-electron chi connectivity index (χ3n) is 15.1. The van der Waals surface area contributed by atoms with Crippen molar-refractivity contribution >= 4 is 13.7 Å². The van der Waals surface area contributed by atoms with E-state index in [1.807, 2.05) is 21.1 Å². The number of allylic oxidation sites excluding steroid dienone is 16. The Labute approximate surface area is 502 Å². The van der Waals surface area contributed by atoms with Crippen LogP contribution in [-0.4, -0.2) is 68.5 Å². The van der Waals surface area contributed by atoms with Gasteiger partial charge in [-0.1, -0.05) is 317 Å². The lowest BCUT2D eigenvalue weighted by Gasteiger charge is -2.30. The molecule has 8 nitrogen and oxygen atoms in total. The fourth-order valence-electron chi connectivity index (χ4n) is 9.82. The first-order valence-corrected chi connectivity index (χ1v) is 35.5. The smallest absolute Gasteiger partial charge is 0.268 e. The van der Waals surface area contributed by atoms with Crippen LogP contribution in [0.15, 0.2) is 97.2 Å². The van der Waals surface area contributed by atoms with Gasteiger partial charge in [0, 0.05) is 6.42 Å². The van der Waals surface area contributed by atoms with Crippen molar-refractivity contribution < 1.29 is 32.9 Å². The molecule has 3 unspecified atom stereocenters. The highest BCUT2D eigenvalue weighted by molar-refractivity contribution is 7.45. The van der Waals surface area contributed by atoms with Crippen molar-refractivity contribution in [2.24, 2.45) is 0 Å². The molecule has 2 N–H and O–H groups in total. The summed E-state index contributed by atoms with van der Waals surface area (Å²) >= 11 is 0. The Kier molecular flexibility index (Phi) is 60.0. The molecule has 0 aromatic heterocycles. The summed E-state index contributed by atoms with van der Waals surface area (Å²) in [6.07, 6.45) is 89.0. The van der Waals surface area contributed by atoms with E-state index < -0.39 is 20.0 Å². The van der Waals surface area contributed by atoms with Crippen molar-refractivity contribution in [3.63, 3.8) is 0 Å². The minimum Gasteiger partial charge on any atom is -0.756 e. The standard InChI is InChI=1S/C72H131N2O6P/c1-6-8-10-12-14-16-18-20-22-24-26-28-29-30-31-32-33-34-35-36-37-38-39-40-41-42-43-44-45-46-48-50-52-54-56-58-60-62-64-66-72(76)73-70(69-80-81(77,78)79-68-67-74(3,4)5)71(75)65-63-61-59-57-55-53-51-49-47-27-25-23-21-19-17-15-13-11-9-7-2/h8,10,14,16,20,22,26,28,30-31,33-34,36-37,39-40,70-71,75H,6-7,9,11-13,15,17-19,21,23-25,27,29,32,35,38,41-69H2,1-5H3,(H-,73,76,77,78)/b10-8-,16-14-,22-20-,28-26-,31-30-,34-33-,37-36-,40-39-. The van der Waals surface area contributed by atoms with Crippen molar-refractivity contribution in [1.82, 2.24) is 5.32 Å². The van der Waals surface area contributed by atoms with Crippen molar-refractivity contribution in [2.75, 3.05) is 40.9 Å². The fourth-order valence-corrected chi connectivity index (χ4v) is 10.5. The number of aliphatic hydroxyl groups is 1. The van der Waals surface area contributed by atoms with Gasteiger partial charge in [-0.3, -0.25) is 9.36 Å². The van der Waals surface area contributed by atoms with Gasteiger partial charge in [-0.05, 0) is 77.0 Å². The van der Waals surface area contributed by atoms with Crippen LogP contribution in [0.4, 0.5) is 0 Å². The van der Waals surface area contributed by atoms with Crippen LogP contribution in [0.3, 0.4) is 0 Å². The molecule has 0 rings (SSSR count). The molecular weight excluding hydrogens is 1020 g/mol. The Morgan fingerprint density at radius 3 is 1.10 bits per heavy atom. The Hall–Kier alpha value is -2.58. The Balaban J connectivity index is 4.03. The van der Waals surface area contributed by atoms with Gasteiger partial charge in [0.05, 0.1) is 39.9 Å². The van der Waals surface area contributed by atoms with Gasteiger partial charge in [-0.2, -0.15) is 0 Å². The second kappa shape index (κ2) is 62.0. The lowest BCUT2D eigenvalue weighted by molar-refractivity contribution is -0.870. The predicted octanol–water partition coefficient (Wildman–Crippen LogP) is 21.1. The van der Waals surface area contributed by atoms with E-state index in [9.17, 15) is 19.4 Å². The maximum atomic E-state index is 13.0. The minimum absolute atomic E-state index is 0.00998. The van der Waals surface area contributed by atoms with Gasteiger partial charge in [0.25, 0.3) is 7.82 Å². The molecule has 3 atom stereocenters. The van der Waals surface area contributed by atoms with E-state index in [1.54, 1.807) is 0 Å². The number of likely N-dealkylation sites (N-methyl/N-ethyl adjacent to an activating group) is 1. The largest absolute Gasteiger partial charge is 0.756 e. The second-order valence-electron chi connectivity index (χ2n) is 24.2. The van der Waals surface area contributed by atoms with Crippen LogP contribution >= 0.6 is 7.82 Å². The van der Waals surface area contributed by atoms with E-state index in [0.29, 0.717) is 23.9 Å². The van der Waals surface area contributed by atoms with Crippen LogP contribution in [0, 0.1) is 0 Å². The Morgan fingerprint density at radius 2 is 0.753 bits per heavy atom. The summed E-state index contributed by atoms with van der Waals surface area (Å²) in [6.45, 7) is 4.63. The van der Waals surface area contributed by atoms with Gasteiger partial charge in [0.15, 0.2) is 0 Å². The highest BCUT2D eigenvalue weighted by Gasteiger charge is 2.24. The minimum atomic E-state index is -4.58. The van der Waals surface area contributed by atoms with E-state index >= 15 is 0 Å². The second-order valence-corrected chi connectivity index (χ2v) is 25.6. The quantitative estimate of drug-likeness (QED) is 0.0272. The number of phosphoric ester groups is 1. The van der Waals surface area contributed by atoms with E-state index in [4.69, 9.17) is 9.05 Å². The third kappa shape index (κ3) is 64.8. The van der Waals surface area contributed by atoms with Gasteiger partial charge in [-0.25, -0.2) is 0 Å². The predicted molar refractivity (Wildman–Crippen MR) is 353 cm³/mol. The Bertz CT molecular complexity index is 1640. The maximum absolute atomic E-state index is 13.0. The van der Waals surface area contributed by atoms with Crippen molar-refractivity contribution in [1.29, 1.82) is 0 Å². The van der Waals surface area contributed by atoms with Crippen molar-refractivity contribution in [3.8, 4) is 0 Å². The number of amides is 1. The number of aliphatic hydroxyl groups excluding tert-OH is 1. The van der Waals surface area contributed by atoms with Crippen LogP contribution < -0.4 is 10.2 Å². The number of quaternary nitrogens is 1. The van der Waals surface area contributed by atoms with Gasteiger partial charge in [-0.15, -0.1) is 0 Å². The summed E-state index contributed by atoms with van der Waals surface area (Å²) in [5.41, 5.74) is 0. The van der Waals surface area contributed by atoms with E-state index in [2.05, 4.69) is 116 Å². The first-order valence-electron chi connectivity index (χ1n) is 34.1. The molecule has 0 radical (unpaired) electrons. The van der Waals surface area contributed by atoms with Gasteiger partial charge >= 0.3 is 0 Å². The average molecular weight is 1150 g/mol. The number of rotatable bonds is 62. The SMILES string of the molecule is CC/C=C\C/C=C\C/C=C\C/C=C\C/C=C\C/C=C\C/C=C\C/C=C\CCCCCCCCCCCCCCCCC(=O)NC(COP(=O)([O-])OCC[N+](C)(C)C)C(O)CCCCCCCCCCCCCCCCCCCCCC. The topological polar surface area (TPSA) is 108 Å². The fraction of sp³-hybridized carbons (Fsp3) is 0.764. The lowest BCUT2D eigenvalue weighted by atomic mass is 10.0. The van der Waals surface area contributed by atoms with Crippen LogP contribution in [0.1, 0.15) is 303 Å². The van der Waals surface area contributed by atoms with E-state index in [1.165, 1.54) is 186 Å². The molecule has 0 bridgehead atoms. The molecular formula is C72H131N2O6P. The van der Waals surface area contributed by atoms with Crippen LogP contribution in [-0.2, 0) is 18.4 Å². The number of hydrogen-bond acceptors (Lipinski definition) is 6. The molecule has 0 saturated heterocycles. The van der Waals surface area contributed by atoms with E-state index in [-0.39, 0.29) is 19.1 Å². The molecule has 0 aliphatic heterocycles. The number of phosphoric acid groups is 1. The summed E-state index contributed by atoms with van der Waals surface area (Å²) in [7, 11) is 1.31. The highest BCUT2D eigenvalue weighted by atomic mass is 31.2. The molecule has 81 heavy (non-hydrogen) atoms. The third-order valence-corrected chi connectivity index (χ3v) is 16.1. The molecule has 9 heteroatoms. The Morgan fingerprint density at radius 1 is 0.444 bits per heavy atom. The zero-order chi connectivity index (χ0) is 59.1. The first kappa shape index (κ1) is 78.4. The number of nitrogens with zero attached hydrogens (tertiary/aromatic N) is 1. The molecule has 470 valence electrons. The molecule has 0 aliphatic carbocycles. The van der Waals surface area contributed by atoms with Gasteiger partial charge < -0.3 is 28.8 Å². The summed E-state index contributed by atoms with van der Waals surface area (Å²) in [4.78, 5) is 25.6. The summed E-state index contributed by atoms with van der Waals surface area (Å²) < 4.78 is 23.5. The maximum Gasteiger partial charge on any atom is 0.268 e. The summed E-state index contributed by atoms with van der Waals surface area (Å²) in [5.74, 6) is -0.165. The zero-order valence-electron chi connectivity index (χ0n) is 53.7. The number of carbonyl (C=O) groups is 1. The highest BCUT2D eigenvalue weighted by Crippen LogP contribution is 2.38. The molecule has 0 aromatic carbocycles. The molecule has 0 aliphatic rings. The lowest BCUT2D eigenvalue weighted by Crippen LogP contribution is -2.46. The molecule has 1 amide bonds. The molecule has 0 heterocycles. The zero-order valence-corrected chi connectivity index (χ0v) is 54.6. The molecule has 0 spiro atoms. The molecule has 0 saturated carbocycles. The van der Waals surface area contributed by atoms with Crippen molar-refractivity contribution in [2.45, 2.75) is 315 Å². The van der Waals surface area contributed by atoms with Crippen LogP contribution in [0.2, 0.25) is 0 Å². The van der Waals surface area contributed by atoms with Crippen LogP contribution in [0.5, 0.6) is 0 Å². The molecule has 0 fully saturated rings. The number of nitrogens with one attached hydrogen (secondary N) is 1. The van der Waals surface area contributed by atoms with Gasteiger partial charge in [0.1, 0.15) is 13.2 Å². The normalized spacial score (nSPS) is 14.3. The average Bonchev–Trinajstić information content (AvgIpc) is 3.43. The van der Waals surface area contributed by atoms with E-state index in [0.717, 1.165) is 89.9 Å². The number of unbranched alkanes of at least 4 members (excludes halogenated alkanes) is 33. The van der Waals surface area contributed by atoms with Crippen molar-refractivity contribution in [3.05, 3.63) is 97.2 Å².